The summed E-state index contributed by atoms with van der Waals surface area (Å²) >= 11 is 5.65. The van der Waals surface area contributed by atoms with E-state index in [0.717, 1.165) is 0 Å². The van der Waals surface area contributed by atoms with Gasteiger partial charge in [-0.25, -0.2) is 0 Å². The first-order valence-corrected chi connectivity index (χ1v) is 8.11. The van der Waals surface area contributed by atoms with E-state index >= 15 is 0 Å². The number of nitrogens with one attached hydrogen (secondary N) is 1. The summed E-state index contributed by atoms with van der Waals surface area (Å²) in [5.41, 5.74) is 0.423. The van der Waals surface area contributed by atoms with Crippen LogP contribution in [0.15, 0.2) is 10.5 Å². The van der Waals surface area contributed by atoms with Crippen LogP contribution in [0.5, 0.6) is 0 Å². The molecule has 0 amide bonds. The van der Waals surface area contributed by atoms with Gasteiger partial charge < -0.3 is 5.32 Å². The highest BCUT2D eigenvalue weighted by atomic mass is 79.9. The van der Waals surface area contributed by atoms with Gasteiger partial charge in [-0.3, -0.25) is 0 Å². The van der Waals surface area contributed by atoms with Crippen LogP contribution in [-0.4, -0.2) is 7.05 Å². The van der Waals surface area contributed by atoms with Gasteiger partial charge in [0.1, 0.15) is 0 Å². The summed E-state index contributed by atoms with van der Waals surface area (Å²) in [6.45, 7) is 4.64. The molecule has 17 heavy (non-hydrogen) atoms. The van der Waals surface area contributed by atoms with Crippen molar-refractivity contribution in [1.29, 1.82) is 0 Å². The fourth-order valence-corrected chi connectivity index (χ4v) is 5.31. The van der Waals surface area contributed by atoms with E-state index in [-0.39, 0.29) is 0 Å². The molecule has 96 valence electrons. The van der Waals surface area contributed by atoms with Gasteiger partial charge in [0.2, 0.25) is 0 Å². The second-order valence-corrected chi connectivity index (χ2v) is 7.65. The first-order valence-electron chi connectivity index (χ1n) is 6.50. The summed E-state index contributed by atoms with van der Waals surface area (Å²) in [6, 6.07) is 2.74. The number of hydrogen-bond acceptors (Lipinski definition) is 2. The van der Waals surface area contributed by atoms with Crippen molar-refractivity contribution in [3.05, 3.63) is 20.3 Å². The summed E-state index contributed by atoms with van der Waals surface area (Å²) in [7, 11) is 2.10. The van der Waals surface area contributed by atoms with Gasteiger partial charge >= 0.3 is 0 Å². The van der Waals surface area contributed by atoms with Gasteiger partial charge in [-0.2, -0.15) is 0 Å². The molecule has 1 aliphatic rings. The van der Waals surface area contributed by atoms with Crippen molar-refractivity contribution < 1.29 is 0 Å². The van der Waals surface area contributed by atoms with Crippen LogP contribution < -0.4 is 5.32 Å². The molecule has 2 rings (SSSR count). The zero-order chi connectivity index (χ0) is 12.5. The maximum atomic E-state index is 3.72. The topological polar surface area (TPSA) is 12.0 Å². The predicted octanol–water partition coefficient (Wildman–Crippen LogP) is 5.05. The zero-order valence-electron chi connectivity index (χ0n) is 11.0. The van der Waals surface area contributed by atoms with Crippen molar-refractivity contribution in [2.75, 3.05) is 7.05 Å². The lowest BCUT2D eigenvalue weighted by molar-refractivity contribution is 0.152. The maximum Gasteiger partial charge on any atom is 0.0478 e. The molecule has 1 nitrogen and oxygen atoms in total. The molecular formula is C14H22BrNS. The van der Waals surface area contributed by atoms with Crippen molar-refractivity contribution in [3.8, 4) is 0 Å². The molecule has 1 atom stereocenters. The largest absolute Gasteiger partial charge is 0.312 e. The number of aryl methyl sites for hydroxylation is 1. The Bertz CT molecular complexity index is 380. The average molecular weight is 316 g/mol. The lowest BCUT2D eigenvalue weighted by Gasteiger charge is -2.40. The molecule has 1 aliphatic carbocycles. The molecule has 1 saturated carbocycles. The third-order valence-electron chi connectivity index (χ3n) is 4.08. The zero-order valence-corrected chi connectivity index (χ0v) is 13.4. The first-order chi connectivity index (χ1) is 8.07. The molecular weight excluding hydrogens is 294 g/mol. The summed E-state index contributed by atoms with van der Waals surface area (Å²) in [5.74, 6) is 0. The van der Waals surface area contributed by atoms with E-state index in [1.165, 1.54) is 46.3 Å². The Kier molecular flexibility index (Phi) is 4.32. The third-order valence-corrected chi connectivity index (χ3v) is 6.11. The van der Waals surface area contributed by atoms with E-state index in [9.17, 15) is 0 Å². The Morgan fingerprint density at radius 3 is 2.47 bits per heavy atom. The maximum absolute atomic E-state index is 3.72. The lowest BCUT2D eigenvalue weighted by Crippen LogP contribution is -2.35. The number of rotatable bonds is 3. The van der Waals surface area contributed by atoms with Crippen molar-refractivity contribution in [1.82, 2.24) is 5.32 Å². The Morgan fingerprint density at radius 1 is 1.35 bits per heavy atom. The highest BCUT2D eigenvalue weighted by molar-refractivity contribution is 9.10. The normalized spacial score (nSPS) is 21.4. The van der Waals surface area contributed by atoms with Crippen molar-refractivity contribution >= 4 is 27.3 Å². The van der Waals surface area contributed by atoms with Gasteiger partial charge in [0.05, 0.1) is 0 Å². The summed E-state index contributed by atoms with van der Waals surface area (Å²) in [5, 5.41) is 3.56. The van der Waals surface area contributed by atoms with Crippen molar-refractivity contribution in [3.63, 3.8) is 0 Å². The fourth-order valence-electron chi connectivity index (χ4n) is 3.14. The Morgan fingerprint density at radius 2 is 2.00 bits per heavy atom. The van der Waals surface area contributed by atoms with Crippen LogP contribution in [-0.2, 0) is 0 Å². The minimum Gasteiger partial charge on any atom is -0.312 e. The molecule has 1 N–H and O–H groups in total. The van der Waals surface area contributed by atoms with Gasteiger partial charge in [-0.15, -0.1) is 11.3 Å². The Hall–Kier alpha value is 0.140. The molecule has 1 aromatic rings. The van der Waals surface area contributed by atoms with Gasteiger partial charge in [0.25, 0.3) is 0 Å². The minimum atomic E-state index is 0.423. The van der Waals surface area contributed by atoms with Crippen LogP contribution in [0.1, 0.15) is 54.8 Å². The van der Waals surface area contributed by atoms with E-state index in [1.54, 1.807) is 0 Å². The quantitative estimate of drug-likeness (QED) is 0.823. The van der Waals surface area contributed by atoms with Gasteiger partial charge in [0, 0.05) is 20.3 Å². The molecule has 0 saturated heterocycles. The monoisotopic (exact) mass is 315 g/mol. The fraction of sp³-hybridized carbons (Fsp3) is 0.714. The van der Waals surface area contributed by atoms with Crippen LogP contribution in [0.25, 0.3) is 0 Å². The Balaban J connectivity index is 2.29. The van der Waals surface area contributed by atoms with Crippen LogP contribution in [0.4, 0.5) is 0 Å². The van der Waals surface area contributed by atoms with Gasteiger partial charge in [0.15, 0.2) is 0 Å². The highest BCUT2D eigenvalue weighted by Gasteiger charge is 2.37. The van der Waals surface area contributed by atoms with E-state index in [0.29, 0.717) is 11.5 Å². The van der Waals surface area contributed by atoms with E-state index in [2.05, 4.69) is 48.2 Å². The number of thiophene rings is 1. The SMILES string of the molecule is CNC(c1sc(C)cc1Br)C1(C)CCCCC1. The third kappa shape index (κ3) is 2.77. The predicted molar refractivity (Wildman–Crippen MR) is 79.7 cm³/mol. The highest BCUT2D eigenvalue weighted by Crippen LogP contribution is 2.48. The molecule has 1 aromatic heterocycles. The lowest BCUT2D eigenvalue weighted by atomic mass is 9.70. The van der Waals surface area contributed by atoms with Gasteiger partial charge in [-0.1, -0.05) is 26.2 Å². The Labute approximate surface area is 117 Å². The molecule has 1 unspecified atom stereocenters. The second-order valence-electron chi connectivity index (χ2n) is 5.51. The van der Waals surface area contributed by atoms with Crippen LogP contribution in [0.2, 0.25) is 0 Å². The molecule has 0 aliphatic heterocycles. The summed E-state index contributed by atoms with van der Waals surface area (Å²) < 4.78 is 1.28. The van der Waals surface area contributed by atoms with E-state index in [1.807, 2.05) is 11.3 Å². The van der Waals surface area contributed by atoms with E-state index in [4.69, 9.17) is 0 Å². The van der Waals surface area contributed by atoms with Gasteiger partial charge in [-0.05, 0) is 54.2 Å². The smallest absolute Gasteiger partial charge is 0.0478 e. The van der Waals surface area contributed by atoms with Crippen LogP contribution in [0.3, 0.4) is 0 Å². The molecule has 1 fully saturated rings. The molecule has 0 bridgehead atoms. The second kappa shape index (κ2) is 5.41. The van der Waals surface area contributed by atoms with Crippen LogP contribution in [0, 0.1) is 12.3 Å². The molecule has 3 heteroatoms. The van der Waals surface area contributed by atoms with Crippen LogP contribution >= 0.6 is 27.3 Å². The minimum absolute atomic E-state index is 0.423. The first kappa shape index (κ1) is 13.6. The average Bonchev–Trinajstić information content (AvgIpc) is 2.60. The number of halogens is 1. The summed E-state index contributed by atoms with van der Waals surface area (Å²) in [4.78, 5) is 2.88. The molecule has 0 spiro atoms. The molecule has 1 heterocycles. The summed E-state index contributed by atoms with van der Waals surface area (Å²) in [6.07, 6.45) is 6.88. The number of hydrogen-bond donors (Lipinski definition) is 1. The van der Waals surface area contributed by atoms with E-state index < -0.39 is 0 Å². The standard InChI is InChI=1S/C14H22BrNS/c1-10-9-11(15)12(17-10)13(16-3)14(2)7-5-4-6-8-14/h9,13,16H,4-8H2,1-3H3. The molecule has 0 radical (unpaired) electrons. The van der Waals surface area contributed by atoms with Crippen molar-refractivity contribution in [2.24, 2.45) is 5.41 Å². The van der Waals surface area contributed by atoms with Crippen molar-refractivity contribution in [2.45, 2.75) is 52.0 Å². The molecule has 0 aromatic carbocycles.